The van der Waals surface area contributed by atoms with Gasteiger partial charge in [-0.2, -0.15) is 0 Å². The Bertz CT molecular complexity index is 1480. The molecule has 9 nitrogen and oxygen atoms in total. The van der Waals surface area contributed by atoms with Gasteiger partial charge in [0.2, 0.25) is 0 Å². The predicted octanol–water partition coefficient (Wildman–Crippen LogP) is 5.52. The van der Waals surface area contributed by atoms with Crippen molar-refractivity contribution in [3.8, 4) is 0 Å². The second kappa shape index (κ2) is 17.0. The van der Waals surface area contributed by atoms with Crippen LogP contribution in [0.15, 0.2) is 23.8 Å². The number of rotatable bonds is 2. The number of hydrogen-bond donors (Lipinski definition) is 0. The van der Waals surface area contributed by atoms with Gasteiger partial charge >= 0.3 is 41.5 Å². The smallest absolute Gasteiger partial charge is 0.870 e. The number of methoxy groups -OCH3 is 2. The summed E-state index contributed by atoms with van der Waals surface area (Å²) in [4.78, 5) is 52.1. The van der Waals surface area contributed by atoms with E-state index in [1.165, 1.54) is 14.2 Å². The molecule has 312 valence electrons. The fourth-order valence-corrected chi connectivity index (χ4v) is 14.7. The predicted molar refractivity (Wildman–Crippen MR) is 207 cm³/mol. The van der Waals surface area contributed by atoms with E-state index in [0.717, 1.165) is 77.0 Å². The molecule has 0 spiro atoms. The van der Waals surface area contributed by atoms with Gasteiger partial charge in [-0.05, 0) is 136 Å². The molecule has 2 aliphatic heterocycles. The molecule has 2 heterocycles. The van der Waals surface area contributed by atoms with Crippen LogP contribution in [0.1, 0.15) is 120 Å². The van der Waals surface area contributed by atoms with E-state index in [-0.39, 0.29) is 107 Å². The van der Waals surface area contributed by atoms with Gasteiger partial charge in [-0.3, -0.25) is 19.2 Å². The number of fused-ring (bicyclic) bond motifs is 10. The molecule has 6 saturated carbocycles. The number of amides is 2. The van der Waals surface area contributed by atoms with Crippen LogP contribution in [0.4, 0.5) is 8.78 Å². The van der Waals surface area contributed by atoms with E-state index in [1.54, 1.807) is 36.0 Å². The summed E-state index contributed by atoms with van der Waals surface area (Å²) in [6, 6.07) is 0.163. The minimum atomic E-state index is -0.598. The van der Waals surface area contributed by atoms with E-state index in [9.17, 15) is 28.0 Å². The number of ether oxygens (including phenoxy) is 2. The Labute approximate surface area is 357 Å². The van der Waals surface area contributed by atoms with Gasteiger partial charge in [0.15, 0.2) is 11.7 Å². The Morgan fingerprint density at radius 2 is 0.946 bits per heavy atom. The van der Waals surface area contributed by atoms with Gasteiger partial charge in [-0.15, -0.1) is 0 Å². The summed E-state index contributed by atoms with van der Waals surface area (Å²) in [7, 11) is 6.46. The van der Waals surface area contributed by atoms with Gasteiger partial charge in [0.1, 0.15) is 0 Å². The summed E-state index contributed by atoms with van der Waals surface area (Å²) < 4.78 is 38.9. The first-order valence-corrected chi connectivity index (χ1v) is 19.9. The SMILES string of the molecule is C.C.COC(=O)[C@H]1CC[C@H]2[C@@H]3CC[C@H]4N(C)C(=O)C(F)=C[C@]4(C)C3CC[C@]12C.COC(=O)[C@H]1CC[C@H]2[C@@H]3CC[C@H]4N(C)C(=O)C(F)=C[C@]4(C)C3CC[C@]12C.[Na+].[OH-]. The molecule has 0 aromatic rings. The second-order valence-electron chi connectivity index (χ2n) is 18.9. The topological polar surface area (TPSA) is 123 Å². The van der Waals surface area contributed by atoms with Crippen molar-refractivity contribution in [1.82, 2.24) is 9.80 Å². The molecule has 8 rings (SSSR count). The van der Waals surface area contributed by atoms with E-state index < -0.39 is 23.5 Å². The van der Waals surface area contributed by atoms with Crippen molar-refractivity contribution in [2.24, 2.45) is 69.0 Å². The zero-order valence-corrected chi connectivity index (χ0v) is 36.0. The molecule has 2 amide bonds. The maximum atomic E-state index is 14.4. The molecule has 12 heteroatoms. The standard InChI is InChI=1S/2C21H30FNO3.2CH4.Na.H2O/c2*1-20-10-9-14-12(13(20)6-7-15(20)19(25)26-4)5-8-17-21(14,2)11-16(22)18(24)23(17)3;;;;/h2*11-15,17H,5-10H2,1-4H3;2*1H4;;1H2/q;;;;+1;/p-1/t2*12-,13-,14?,15+,17+,20-,21+;;;;/m00..../s1. The summed E-state index contributed by atoms with van der Waals surface area (Å²) >= 11 is 0. The molecule has 0 aromatic carbocycles. The monoisotopic (exact) mass is 798 g/mol. The van der Waals surface area contributed by atoms with E-state index in [1.807, 2.05) is 0 Å². The van der Waals surface area contributed by atoms with Crippen molar-refractivity contribution >= 4 is 23.8 Å². The number of nitrogens with zero attached hydrogens (tertiary/aromatic N) is 2. The molecule has 6 aliphatic carbocycles. The van der Waals surface area contributed by atoms with Gasteiger partial charge < -0.3 is 24.7 Å². The molecule has 1 N–H and O–H groups in total. The van der Waals surface area contributed by atoms with Crippen molar-refractivity contribution < 1.29 is 72.5 Å². The van der Waals surface area contributed by atoms with E-state index in [2.05, 4.69) is 27.7 Å². The maximum absolute atomic E-state index is 14.4. The van der Waals surface area contributed by atoms with Crippen LogP contribution in [0.2, 0.25) is 0 Å². The molecular formula is C44H69F2N2NaO7. The van der Waals surface area contributed by atoms with Crippen molar-refractivity contribution in [1.29, 1.82) is 0 Å². The fourth-order valence-electron chi connectivity index (χ4n) is 14.7. The number of esters is 2. The average molecular weight is 799 g/mol. The van der Waals surface area contributed by atoms with Gasteiger partial charge in [-0.1, -0.05) is 42.5 Å². The fraction of sp³-hybridized carbons (Fsp3) is 0.818. The Balaban J connectivity index is 0.000000280. The third-order valence-corrected chi connectivity index (χ3v) is 17.3. The van der Waals surface area contributed by atoms with Crippen LogP contribution in [-0.2, 0) is 28.7 Å². The van der Waals surface area contributed by atoms with E-state index in [0.29, 0.717) is 35.5 Å². The Morgan fingerprint density at radius 3 is 1.27 bits per heavy atom. The molecule has 14 atom stereocenters. The first kappa shape index (κ1) is 48.5. The summed E-state index contributed by atoms with van der Waals surface area (Å²) in [5, 5.41) is 0. The molecular weight excluding hydrogens is 729 g/mol. The van der Waals surface area contributed by atoms with Crippen LogP contribution >= 0.6 is 0 Å². The maximum Gasteiger partial charge on any atom is 1.00 e. The number of carbonyl (C=O) groups excluding carboxylic acids is 4. The zero-order valence-electron chi connectivity index (χ0n) is 34.0. The van der Waals surface area contributed by atoms with E-state index in [4.69, 9.17) is 9.47 Å². The van der Waals surface area contributed by atoms with Crippen LogP contribution < -0.4 is 29.6 Å². The molecule has 56 heavy (non-hydrogen) atoms. The number of hydrogen-bond acceptors (Lipinski definition) is 7. The minimum absolute atomic E-state index is 0. The van der Waals surface area contributed by atoms with Crippen molar-refractivity contribution in [3.05, 3.63) is 23.8 Å². The number of likely N-dealkylation sites (N-methyl/N-ethyl adjacent to an activating group) is 2. The van der Waals surface area contributed by atoms with Gasteiger partial charge in [0.05, 0.1) is 26.1 Å². The first-order valence-electron chi connectivity index (χ1n) is 19.9. The molecule has 0 aromatic heterocycles. The van der Waals surface area contributed by atoms with Crippen LogP contribution in [-0.4, -0.2) is 79.4 Å². The van der Waals surface area contributed by atoms with Gasteiger partial charge in [-0.25, -0.2) is 8.78 Å². The molecule has 8 aliphatic rings. The Kier molecular flexibility index (Phi) is 14.8. The largest absolute Gasteiger partial charge is 1.00 e. The third-order valence-electron chi connectivity index (χ3n) is 17.3. The molecule has 0 bridgehead atoms. The van der Waals surface area contributed by atoms with Crippen LogP contribution in [0.25, 0.3) is 0 Å². The third kappa shape index (κ3) is 6.96. The van der Waals surface area contributed by atoms with Crippen molar-refractivity contribution in [2.75, 3.05) is 28.3 Å². The van der Waals surface area contributed by atoms with Crippen LogP contribution in [0.3, 0.4) is 0 Å². The minimum Gasteiger partial charge on any atom is -0.870 e. The number of carbonyl (C=O) groups is 4. The summed E-state index contributed by atoms with van der Waals surface area (Å²) in [6.45, 7) is 8.83. The average Bonchev–Trinajstić information content (AvgIpc) is 3.66. The molecule has 0 saturated heterocycles. The summed E-state index contributed by atoms with van der Waals surface area (Å²) in [5.41, 5.74) is -0.618. The summed E-state index contributed by atoms with van der Waals surface area (Å²) in [6.07, 6.45) is 15.1. The molecule has 6 fully saturated rings. The van der Waals surface area contributed by atoms with Crippen molar-refractivity contribution in [3.63, 3.8) is 0 Å². The zero-order chi connectivity index (χ0) is 37.7. The Morgan fingerprint density at radius 1 is 0.607 bits per heavy atom. The normalized spacial score (nSPS) is 44.2. The Hall–Kier alpha value is -1.82. The molecule has 2 unspecified atom stereocenters. The second-order valence-corrected chi connectivity index (χ2v) is 18.9. The molecule has 0 radical (unpaired) electrons. The first-order chi connectivity index (χ1) is 24.5. The van der Waals surface area contributed by atoms with Crippen LogP contribution in [0.5, 0.6) is 0 Å². The quantitative estimate of drug-likeness (QED) is 0.266. The van der Waals surface area contributed by atoms with Crippen LogP contribution in [0, 0.1) is 69.0 Å². The van der Waals surface area contributed by atoms with Gasteiger partial charge in [0, 0.05) is 37.0 Å². The van der Waals surface area contributed by atoms with Crippen molar-refractivity contribution in [2.45, 2.75) is 132 Å². The van der Waals surface area contributed by atoms with Gasteiger partial charge in [0.25, 0.3) is 11.8 Å². The summed E-state index contributed by atoms with van der Waals surface area (Å²) in [5.74, 6) is 0.419. The van der Waals surface area contributed by atoms with E-state index >= 15 is 0 Å². The number of halogens is 2.